The number of hydrogen-bond donors (Lipinski definition) is 1. The SMILES string of the molecule is CC[C@H]1CNC[C@]2(CCOC2)O1. The van der Waals surface area contributed by atoms with E-state index in [9.17, 15) is 0 Å². The van der Waals surface area contributed by atoms with E-state index in [0.29, 0.717) is 6.10 Å². The van der Waals surface area contributed by atoms with Crippen LogP contribution in [0.5, 0.6) is 0 Å². The monoisotopic (exact) mass is 171 g/mol. The van der Waals surface area contributed by atoms with E-state index >= 15 is 0 Å². The predicted molar refractivity (Wildman–Crippen MR) is 46.2 cm³/mol. The zero-order chi connectivity index (χ0) is 8.44. The summed E-state index contributed by atoms with van der Waals surface area (Å²) in [5, 5.41) is 3.41. The van der Waals surface area contributed by atoms with Crippen molar-refractivity contribution in [1.29, 1.82) is 0 Å². The van der Waals surface area contributed by atoms with E-state index in [-0.39, 0.29) is 5.60 Å². The molecule has 2 aliphatic rings. The van der Waals surface area contributed by atoms with Crippen molar-refractivity contribution in [2.24, 2.45) is 0 Å². The van der Waals surface area contributed by atoms with Crippen LogP contribution in [0.25, 0.3) is 0 Å². The van der Waals surface area contributed by atoms with E-state index in [1.54, 1.807) is 0 Å². The fourth-order valence-corrected chi connectivity index (χ4v) is 1.95. The normalized spacial score (nSPS) is 42.2. The van der Waals surface area contributed by atoms with Gasteiger partial charge in [-0.05, 0) is 6.42 Å². The molecule has 0 radical (unpaired) electrons. The quantitative estimate of drug-likeness (QED) is 0.624. The highest BCUT2D eigenvalue weighted by atomic mass is 16.6. The van der Waals surface area contributed by atoms with Crippen LogP contribution in [0.4, 0.5) is 0 Å². The van der Waals surface area contributed by atoms with Gasteiger partial charge in [-0.2, -0.15) is 0 Å². The summed E-state index contributed by atoms with van der Waals surface area (Å²) in [7, 11) is 0. The molecule has 2 fully saturated rings. The highest BCUT2D eigenvalue weighted by Gasteiger charge is 2.40. The largest absolute Gasteiger partial charge is 0.378 e. The number of morpholine rings is 1. The summed E-state index contributed by atoms with van der Waals surface area (Å²) in [6.07, 6.45) is 2.53. The van der Waals surface area contributed by atoms with Gasteiger partial charge in [-0.15, -0.1) is 0 Å². The smallest absolute Gasteiger partial charge is 0.106 e. The van der Waals surface area contributed by atoms with Gasteiger partial charge < -0.3 is 14.8 Å². The Morgan fingerprint density at radius 3 is 3.17 bits per heavy atom. The highest BCUT2D eigenvalue weighted by Crippen LogP contribution is 2.27. The van der Waals surface area contributed by atoms with Crippen molar-refractivity contribution >= 4 is 0 Å². The average molecular weight is 171 g/mol. The van der Waals surface area contributed by atoms with Crippen molar-refractivity contribution in [3.63, 3.8) is 0 Å². The maximum atomic E-state index is 6.00. The standard InChI is InChI=1S/C9H17NO2/c1-2-8-5-10-6-9(12-8)3-4-11-7-9/h8,10H,2-7H2,1H3/t8-,9-/m0/s1. The summed E-state index contributed by atoms with van der Waals surface area (Å²) >= 11 is 0. The second-order valence-electron chi connectivity index (χ2n) is 3.76. The second-order valence-corrected chi connectivity index (χ2v) is 3.76. The molecule has 0 saturated carbocycles. The molecular weight excluding hydrogens is 154 g/mol. The Bertz CT molecular complexity index is 155. The van der Waals surface area contributed by atoms with Crippen molar-refractivity contribution in [2.45, 2.75) is 31.5 Å². The van der Waals surface area contributed by atoms with Crippen LogP contribution >= 0.6 is 0 Å². The summed E-state index contributed by atoms with van der Waals surface area (Å²) in [5.41, 5.74) is 0.0128. The maximum absolute atomic E-state index is 6.00. The van der Waals surface area contributed by atoms with Crippen LogP contribution in [0, 0.1) is 0 Å². The summed E-state index contributed by atoms with van der Waals surface area (Å²) < 4.78 is 11.4. The Balaban J connectivity index is 1.97. The van der Waals surface area contributed by atoms with Crippen LogP contribution in [-0.2, 0) is 9.47 Å². The van der Waals surface area contributed by atoms with E-state index in [4.69, 9.17) is 9.47 Å². The number of hydrogen-bond acceptors (Lipinski definition) is 3. The van der Waals surface area contributed by atoms with Crippen LogP contribution < -0.4 is 5.32 Å². The molecule has 0 bridgehead atoms. The number of ether oxygens (including phenoxy) is 2. The molecule has 0 aromatic heterocycles. The van der Waals surface area contributed by atoms with Crippen LogP contribution in [0.1, 0.15) is 19.8 Å². The van der Waals surface area contributed by atoms with Crippen LogP contribution in [0.3, 0.4) is 0 Å². The van der Waals surface area contributed by atoms with Crippen molar-refractivity contribution in [1.82, 2.24) is 5.32 Å². The minimum atomic E-state index is 0.0128. The van der Waals surface area contributed by atoms with Crippen molar-refractivity contribution in [2.75, 3.05) is 26.3 Å². The van der Waals surface area contributed by atoms with Gasteiger partial charge in [0.2, 0.25) is 0 Å². The molecular formula is C9H17NO2. The molecule has 1 spiro atoms. The van der Waals surface area contributed by atoms with E-state index < -0.39 is 0 Å². The lowest BCUT2D eigenvalue weighted by Crippen LogP contribution is -2.54. The molecule has 0 aliphatic carbocycles. The Morgan fingerprint density at radius 2 is 2.50 bits per heavy atom. The first-order valence-electron chi connectivity index (χ1n) is 4.81. The van der Waals surface area contributed by atoms with Gasteiger partial charge in [0.1, 0.15) is 5.60 Å². The van der Waals surface area contributed by atoms with Crippen LogP contribution in [0.2, 0.25) is 0 Å². The molecule has 12 heavy (non-hydrogen) atoms. The lowest BCUT2D eigenvalue weighted by atomic mass is 10.0. The highest BCUT2D eigenvalue weighted by molar-refractivity contribution is 4.91. The Labute approximate surface area is 73.4 Å². The summed E-state index contributed by atoms with van der Waals surface area (Å²) in [4.78, 5) is 0. The molecule has 3 heteroatoms. The summed E-state index contributed by atoms with van der Waals surface area (Å²) in [6, 6.07) is 0. The number of nitrogens with one attached hydrogen (secondary N) is 1. The van der Waals surface area contributed by atoms with Crippen LogP contribution in [0.15, 0.2) is 0 Å². The van der Waals surface area contributed by atoms with Gasteiger partial charge in [-0.1, -0.05) is 6.92 Å². The minimum absolute atomic E-state index is 0.0128. The fourth-order valence-electron chi connectivity index (χ4n) is 1.95. The van der Waals surface area contributed by atoms with Gasteiger partial charge in [0.05, 0.1) is 12.7 Å². The van der Waals surface area contributed by atoms with Crippen molar-refractivity contribution < 1.29 is 9.47 Å². The van der Waals surface area contributed by atoms with E-state index in [1.165, 1.54) is 0 Å². The zero-order valence-electron chi connectivity index (χ0n) is 7.64. The minimum Gasteiger partial charge on any atom is -0.378 e. The molecule has 70 valence electrons. The third kappa shape index (κ3) is 1.49. The van der Waals surface area contributed by atoms with Crippen LogP contribution in [-0.4, -0.2) is 38.0 Å². The van der Waals surface area contributed by atoms with E-state index in [1.807, 2.05) is 0 Å². The molecule has 2 rings (SSSR count). The molecule has 1 N–H and O–H groups in total. The fraction of sp³-hybridized carbons (Fsp3) is 1.00. The van der Waals surface area contributed by atoms with Gasteiger partial charge in [0.15, 0.2) is 0 Å². The summed E-state index contributed by atoms with van der Waals surface area (Å²) in [6.45, 7) is 5.76. The Kier molecular flexibility index (Phi) is 2.35. The first-order chi connectivity index (χ1) is 5.85. The lowest BCUT2D eigenvalue weighted by molar-refractivity contribution is -0.116. The van der Waals surface area contributed by atoms with Gasteiger partial charge in [-0.3, -0.25) is 0 Å². The molecule has 2 aliphatic heterocycles. The molecule has 0 amide bonds. The Morgan fingerprint density at radius 1 is 1.58 bits per heavy atom. The molecule has 2 atom stereocenters. The zero-order valence-corrected chi connectivity index (χ0v) is 7.64. The molecule has 0 unspecified atom stereocenters. The van der Waals surface area contributed by atoms with Gasteiger partial charge in [0, 0.05) is 26.1 Å². The average Bonchev–Trinajstić information content (AvgIpc) is 2.53. The first kappa shape index (κ1) is 8.48. The maximum Gasteiger partial charge on any atom is 0.106 e. The van der Waals surface area contributed by atoms with E-state index in [2.05, 4.69) is 12.2 Å². The van der Waals surface area contributed by atoms with Gasteiger partial charge in [0.25, 0.3) is 0 Å². The van der Waals surface area contributed by atoms with Gasteiger partial charge in [-0.25, -0.2) is 0 Å². The third-order valence-electron chi connectivity index (χ3n) is 2.76. The lowest BCUT2D eigenvalue weighted by Gasteiger charge is -2.37. The topological polar surface area (TPSA) is 30.5 Å². The van der Waals surface area contributed by atoms with Gasteiger partial charge >= 0.3 is 0 Å². The molecule has 0 aromatic carbocycles. The molecule has 3 nitrogen and oxygen atoms in total. The third-order valence-corrected chi connectivity index (χ3v) is 2.76. The van der Waals surface area contributed by atoms with E-state index in [0.717, 1.165) is 39.1 Å². The second kappa shape index (κ2) is 3.32. The van der Waals surface area contributed by atoms with Crippen molar-refractivity contribution in [3.8, 4) is 0 Å². The molecule has 2 heterocycles. The molecule has 0 aromatic rings. The first-order valence-corrected chi connectivity index (χ1v) is 4.81. The Hall–Kier alpha value is -0.120. The predicted octanol–water partition coefficient (Wildman–Crippen LogP) is 0.544. The summed E-state index contributed by atoms with van der Waals surface area (Å²) in [5.74, 6) is 0. The molecule has 2 saturated heterocycles. The number of rotatable bonds is 1. The van der Waals surface area contributed by atoms with Crippen molar-refractivity contribution in [3.05, 3.63) is 0 Å².